The molecule has 1 aromatic carbocycles. The summed E-state index contributed by atoms with van der Waals surface area (Å²) < 4.78 is 5.17. The lowest BCUT2D eigenvalue weighted by atomic mass is 10.1. The molecule has 1 aliphatic heterocycles. The van der Waals surface area contributed by atoms with E-state index in [1.807, 2.05) is 43.3 Å². The smallest absolute Gasteiger partial charge is 0.363 e. The number of hydrogen-bond donors (Lipinski definition) is 0. The quantitative estimate of drug-likeness (QED) is 0.616. The van der Waals surface area contributed by atoms with Gasteiger partial charge in [0.25, 0.3) is 0 Å². The molecule has 0 saturated heterocycles. The van der Waals surface area contributed by atoms with Crippen molar-refractivity contribution in [2.45, 2.75) is 12.8 Å². The Kier molecular flexibility index (Phi) is 2.85. The fraction of sp³-hybridized carbons (Fsp3) is 0.333. The van der Waals surface area contributed by atoms with Crippen molar-refractivity contribution in [1.29, 1.82) is 0 Å². The zero-order valence-electron chi connectivity index (χ0n) is 11.1. The Morgan fingerprint density at radius 3 is 2.53 bits per heavy atom. The summed E-state index contributed by atoms with van der Waals surface area (Å²) in [5, 5.41) is 0. The number of aliphatic imine (C=N–C) groups is 1. The molecule has 1 aliphatic carbocycles. The number of rotatable bonds is 3. The fourth-order valence-electron chi connectivity index (χ4n) is 1.96. The monoisotopic (exact) mass is 256 g/mol. The number of cyclic esters (lactones) is 1. The molecule has 1 aromatic rings. The number of carbonyl (C=O) groups is 1. The summed E-state index contributed by atoms with van der Waals surface area (Å²) in [6.45, 7) is 0. The van der Waals surface area contributed by atoms with E-state index in [9.17, 15) is 4.79 Å². The molecule has 0 atom stereocenters. The van der Waals surface area contributed by atoms with E-state index in [0.29, 0.717) is 17.5 Å². The van der Waals surface area contributed by atoms with E-state index >= 15 is 0 Å². The molecule has 0 N–H and O–H groups in total. The number of hydrogen-bond acceptors (Lipinski definition) is 4. The molecule has 0 spiro atoms. The van der Waals surface area contributed by atoms with Gasteiger partial charge in [0, 0.05) is 25.7 Å². The van der Waals surface area contributed by atoms with Gasteiger partial charge in [0.2, 0.25) is 5.90 Å². The van der Waals surface area contributed by atoms with Crippen LogP contribution in [0.2, 0.25) is 0 Å². The Hall–Kier alpha value is -2.10. The Morgan fingerprint density at radius 2 is 1.95 bits per heavy atom. The van der Waals surface area contributed by atoms with Crippen molar-refractivity contribution in [3.8, 4) is 0 Å². The van der Waals surface area contributed by atoms with Gasteiger partial charge in [-0.05, 0) is 36.6 Å². The molecular weight excluding hydrogens is 240 g/mol. The molecule has 0 amide bonds. The first-order chi connectivity index (χ1) is 9.13. The second-order valence-corrected chi connectivity index (χ2v) is 5.13. The Labute approximate surface area is 112 Å². The molecule has 98 valence electrons. The van der Waals surface area contributed by atoms with Gasteiger partial charge in [-0.3, -0.25) is 0 Å². The average molecular weight is 256 g/mol. The van der Waals surface area contributed by atoms with Crippen molar-refractivity contribution < 1.29 is 9.53 Å². The number of carbonyl (C=O) groups excluding carboxylic acids is 1. The highest BCUT2D eigenvalue weighted by atomic mass is 16.6. The SMILES string of the molecule is CN(C)c1ccc(/C=C2/N=C(C3CC3)OC2=O)cc1. The second kappa shape index (κ2) is 4.53. The third kappa shape index (κ3) is 2.52. The highest BCUT2D eigenvalue weighted by molar-refractivity contribution is 6.08. The molecule has 2 aliphatic rings. The lowest BCUT2D eigenvalue weighted by Gasteiger charge is -2.11. The molecule has 1 fully saturated rings. The van der Waals surface area contributed by atoms with E-state index in [2.05, 4.69) is 4.99 Å². The lowest BCUT2D eigenvalue weighted by Crippen LogP contribution is -2.08. The molecule has 3 rings (SSSR count). The van der Waals surface area contributed by atoms with E-state index in [-0.39, 0.29) is 5.97 Å². The standard InChI is InChI=1S/C15H16N2O2/c1-17(2)12-7-3-10(4-8-12)9-13-15(18)19-14(16-13)11-5-6-11/h3-4,7-9,11H,5-6H2,1-2H3/b13-9+. The van der Waals surface area contributed by atoms with Crippen LogP contribution in [0.25, 0.3) is 6.08 Å². The number of nitrogens with zero attached hydrogens (tertiary/aromatic N) is 2. The van der Waals surface area contributed by atoms with Crippen molar-refractivity contribution in [3.63, 3.8) is 0 Å². The number of ether oxygens (including phenoxy) is 1. The van der Waals surface area contributed by atoms with Crippen LogP contribution < -0.4 is 4.90 Å². The van der Waals surface area contributed by atoms with Crippen LogP contribution in [0, 0.1) is 5.92 Å². The summed E-state index contributed by atoms with van der Waals surface area (Å²) in [7, 11) is 3.99. The van der Waals surface area contributed by atoms with Crippen LogP contribution in [-0.2, 0) is 9.53 Å². The second-order valence-electron chi connectivity index (χ2n) is 5.13. The summed E-state index contributed by atoms with van der Waals surface area (Å²) in [4.78, 5) is 18.0. The molecule has 19 heavy (non-hydrogen) atoms. The van der Waals surface area contributed by atoms with Crippen LogP contribution in [0.1, 0.15) is 18.4 Å². The molecule has 1 saturated carbocycles. The summed E-state index contributed by atoms with van der Waals surface area (Å²) in [5.74, 6) is 0.630. The van der Waals surface area contributed by atoms with E-state index in [1.165, 1.54) is 0 Å². The number of benzene rings is 1. The van der Waals surface area contributed by atoms with Gasteiger partial charge in [0.05, 0.1) is 0 Å². The van der Waals surface area contributed by atoms with E-state index in [4.69, 9.17) is 4.74 Å². The first kappa shape index (κ1) is 12.0. The average Bonchev–Trinajstić information content (AvgIpc) is 3.17. The molecular formula is C15H16N2O2. The maximum absolute atomic E-state index is 11.7. The van der Waals surface area contributed by atoms with Crippen molar-refractivity contribution in [2.75, 3.05) is 19.0 Å². The maximum Gasteiger partial charge on any atom is 0.363 e. The zero-order chi connectivity index (χ0) is 13.4. The van der Waals surface area contributed by atoms with E-state index in [0.717, 1.165) is 24.1 Å². The molecule has 0 radical (unpaired) electrons. The first-order valence-electron chi connectivity index (χ1n) is 6.43. The Balaban J connectivity index is 1.82. The van der Waals surface area contributed by atoms with Gasteiger partial charge in [-0.1, -0.05) is 12.1 Å². The van der Waals surface area contributed by atoms with Crippen LogP contribution in [0.5, 0.6) is 0 Å². The highest BCUT2D eigenvalue weighted by Gasteiger charge is 2.35. The van der Waals surface area contributed by atoms with Gasteiger partial charge in [-0.15, -0.1) is 0 Å². The van der Waals surface area contributed by atoms with Crippen LogP contribution in [0.15, 0.2) is 35.0 Å². The van der Waals surface area contributed by atoms with Crippen molar-refractivity contribution in [1.82, 2.24) is 0 Å². The molecule has 0 aromatic heterocycles. The van der Waals surface area contributed by atoms with Crippen LogP contribution in [-0.4, -0.2) is 26.0 Å². The minimum atomic E-state index is -0.335. The van der Waals surface area contributed by atoms with Gasteiger partial charge in [0.1, 0.15) is 0 Å². The van der Waals surface area contributed by atoms with Crippen molar-refractivity contribution >= 4 is 23.6 Å². The molecule has 1 heterocycles. The molecule has 4 heteroatoms. The van der Waals surface area contributed by atoms with Gasteiger partial charge in [0.15, 0.2) is 5.70 Å². The maximum atomic E-state index is 11.7. The molecule has 0 bridgehead atoms. The topological polar surface area (TPSA) is 41.9 Å². The third-order valence-electron chi connectivity index (χ3n) is 3.28. The van der Waals surface area contributed by atoms with E-state index in [1.54, 1.807) is 6.08 Å². The summed E-state index contributed by atoms with van der Waals surface area (Å²) in [6.07, 6.45) is 3.94. The first-order valence-corrected chi connectivity index (χ1v) is 6.43. The predicted octanol–water partition coefficient (Wildman–Crippen LogP) is 2.46. The van der Waals surface area contributed by atoms with Gasteiger partial charge in [-0.2, -0.15) is 0 Å². The summed E-state index contributed by atoms with van der Waals surface area (Å²) in [6, 6.07) is 7.97. The summed E-state index contributed by atoms with van der Waals surface area (Å²) in [5.41, 5.74) is 2.48. The number of anilines is 1. The van der Waals surface area contributed by atoms with Crippen LogP contribution in [0.3, 0.4) is 0 Å². The lowest BCUT2D eigenvalue weighted by molar-refractivity contribution is -0.130. The minimum Gasteiger partial charge on any atom is -0.406 e. The largest absolute Gasteiger partial charge is 0.406 e. The van der Waals surface area contributed by atoms with Gasteiger partial charge in [-0.25, -0.2) is 9.79 Å². The van der Waals surface area contributed by atoms with Crippen LogP contribution in [0.4, 0.5) is 5.69 Å². The Bertz CT molecular complexity index is 566. The van der Waals surface area contributed by atoms with Crippen LogP contribution >= 0.6 is 0 Å². The van der Waals surface area contributed by atoms with E-state index < -0.39 is 0 Å². The van der Waals surface area contributed by atoms with Gasteiger partial charge >= 0.3 is 5.97 Å². The Morgan fingerprint density at radius 1 is 1.26 bits per heavy atom. The predicted molar refractivity (Wildman–Crippen MR) is 75.0 cm³/mol. The molecule has 4 nitrogen and oxygen atoms in total. The fourth-order valence-corrected chi connectivity index (χ4v) is 1.96. The van der Waals surface area contributed by atoms with Crippen molar-refractivity contribution in [2.24, 2.45) is 10.9 Å². The van der Waals surface area contributed by atoms with Gasteiger partial charge < -0.3 is 9.64 Å². The zero-order valence-corrected chi connectivity index (χ0v) is 11.1. The van der Waals surface area contributed by atoms with Crippen molar-refractivity contribution in [3.05, 3.63) is 35.5 Å². The number of esters is 1. The minimum absolute atomic E-state index is 0.335. The highest BCUT2D eigenvalue weighted by Crippen LogP contribution is 2.34. The molecule has 0 unspecified atom stereocenters. The third-order valence-corrected chi connectivity index (χ3v) is 3.28. The summed E-state index contributed by atoms with van der Waals surface area (Å²) >= 11 is 0. The normalized spacial score (nSPS) is 20.4.